The highest BCUT2D eigenvalue weighted by Crippen LogP contribution is 2.36. The SMILES string of the molecule is CC1(C)OB(c2cccc(CC#N)c2F)OC1(C)C. The van der Waals surface area contributed by atoms with Crippen molar-refractivity contribution in [2.75, 3.05) is 0 Å². The van der Waals surface area contributed by atoms with Crippen LogP contribution in [0.1, 0.15) is 33.3 Å². The lowest BCUT2D eigenvalue weighted by Gasteiger charge is -2.32. The minimum atomic E-state index is -0.733. The molecule has 0 radical (unpaired) electrons. The molecule has 0 atom stereocenters. The number of benzene rings is 1. The zero-order chi connectivity index (χ0) is 14.3. The first kappa shape index (κ1) is 14.0. The van der Waals surface area contributed by atoms with Gasteiger partial charge in [-0.2, -0.15) is 5.26 Å². The Bertz CT molecular complexity index is 521. The van der Waals surface area contributed by atoms with E-state index in [1.165, 1.54) is 0 Å². The summed E-state index contributed by atoms with van der Waals surface area (Å²) in [5.74, 6) is -0.414. The van der Waals surface area contributed by atoms with Crippen LogP contribution in [0.3, 0.4) is 0 Å². The summed E-state index contributed by atoms with van der Waals surface area (Å²) in [6.07, 6.45) is 0.0409. The Labute approximate surface area is 113 Å². The number of hydrogen-bond acceptors (Lipinski definition) is 3. The highest BCUT2D eigenvalue weighted by atomic mass is 19.1. The van der Waals surface area contributed by atoms with Crippen molar-refractivity contribution < 1.29 is 13.7 Å². The Kier molecular flexibility index (Phi) is 3.42. The number of nitrogens with zero attached hydrogens (tertiary/aromatic N) is 1. The summed E-state index contributed by atoms with van der Waals surface area (Å²) >= 11 is 0. The van der Waals surface area contributed by atoms with Crippen molar-refractivity contribution in [2.24, 2.45) is 0 Å². The summed E-state index contributed by atoms with van der Waals surface area (Å²) in [5.41, 5.74) is -0.286. The van der Waals surface area contributed by atoms with E-state index >= 15 is 0 Å². The predicted molar refractivity (Wildman–Crippen MR) is 71.4 cm³/mol. The molecule has 1 aromatic rings. The highest BCUT2D eigenvalue weighted by molar-refractivity contribution is 6.62. The van der Waals surface area contributed by atoms with Crippen molar-refractivity contribution in [1.82, 2.24) is 0 Å². The van der Waals surface area contributed by atoms with Crippen molar-refractivity contribution in [3.63, 3.8) is 0 Å². The monoisotopic (exact) mass is 261 g/mol. The van der Waals surface area contributed by atoms with Crippen molar-refractivity contribution >= 4 is 12.6 Å². The Morgan fingerprint density at radius 3 is 2.32 bits per heavy atom. The molecule has 1 heterocycles. The Hall–Kier alpha value is -1.38. The third kappa shape index (κ3) is 2.38. The van der Waals surface area contributed by atoms with E-state index in [0.29, 0.717) is 11.0 Å². The van der Waals surface area contributed by atoms with E-state index in [0.717, 1.165) is 0 Å². The molecule has 1 fully saturated rings. The van der Waals surface area contributed by atoms with Crippen molar-refractivity contribution in [2.45, 2.75) is 45.3 Å². The van der Waals surface area contributed by atoms with Gasteiger partial charge in [-0.3, -0.25) is 0 Å². The van der Waals surface area contributed by atoms with Gasteiger partial charge in [-0.25, -0.2) is 4.39 Å². The van der Waals surface area contributed by atoms with Gasteiger partial charge in [0.2, 0.25) is 0 Å². The molecule has 3 nitrogen and oxygen atoms in total. The molecule has 0 spiro atoms. The number of rotatable bonds is 2. The normalized spacial score (nSPS) is 20.3. The third-order valence-corrected chi connectivity index (χ3v) is 3.89. The number of nitriles is 1. The third-order valence-electron chi connectivity index (χ3n) is 3.89. The van der Waals surface area contributed by atoms with Gasteiger partial charge in [-0.1, -0.05) is 18.2 Å². The quantitative estimate of drug-likeness (QED) is 0.766. The minimum Gasteiger partial charge on any atom is -0.399 e. The molecule has 2 rings (SSSR count). The first-order valence-corrected chi connectivity index (χ1v) is 6.28. The van der Waals surface area contributed by atoms with Gasteiger partial charge in [-0.15, -0.1) is 0 Å². The van der Waals surface area contributed by atoms with Crippen LogP contribution in [-0.4, -0.2) is 18.3 Å². The van der Waals surface area contributed by atoms with Gasteiger partial charge >= 0.3 is 7.12 Å². The summed E-state index contributed by atoms with van der Waals surface area (Å²) in [6.45, 7) is 7.68. The van der Waals surface area contributed by atoms with E-state index in [1.54, 1.807) is 18.2 Å². The van der Waals surface area contributed by atoms with Gasteiger partial charge in [0.25, 0.3) is 0 Å². The molecule has 1 saturated heterocycles. The fraction of sp³-hybridized carbons (Fsp3) is 0.500. The first-order valence-electron chi connectivity index (χ1n) is 6.28. The topological polar surface area (TPSA) is 42.2 Å². The van der Waals surface area contributed by atoms with Crippen LogP contribution in [0.15, 0.2) is 18.2 Å². The van der Waals surface area contributed by atoms with Gasteiger partial charge in [0, 0.05) is 11.0 Å². The molecule has 5 heteroatoms. The largest absolute Gasteiger partial charge is 0.497 e. The van der Waals surface area contributed by atoms with Gasteiger partial charge in [0.05, 0.1) is 23.7 Å². The summed E-state index contributed by atoms with van der Waals surface area (Å²) in [6, 6.07) is 6.91. The average Bonchev–Trinajstić information content (AvgIpc) is 2.51. The van der Waals surface area contributed by atoms with Crippen LogP contribution in [0.2, 0.25) is 0 Å². The summed E-state index contributed by atoms with van der Waals surface area (Å²) in [5, 5.41) is 8.69. The highest BCUT2D eigenvalue weighted by Gasteiger charge is 2.52. The van der Waals surface area contributed by atoms with Gasteiger partial charge < -0.3 is 9.31 Å². The van der Waals surface area contributed by atoms with Crippen LogP contribution in [0, 0.1) is 17.1 Å². The molecule has 0 saturated carbocycles. The second kappa shape index (κ2) is 4.62. The zero-order valence-corrected chi connectivity index (χ0v) is 11.7. The lowest BCUT2D eigenvalue weighted by molar-refractivity contribution is 0.00578. The molecule has 0 unspecified atom stereocenters. The molecule has 0 N–H and O–H groups in total. The first-order chi connectivity index (χ1) is 8.78. The van der Waals surface area contributed by atoms with E-state index < -0.39 is 24.1 Å². The molecule has 0 bridgehead atoms. The van der Waals surface area contributed by atoms with Gasteiger partial charge in [0.15, 0.2) is 0 Å². The molecule has 0 amide bonds. The molecule has 1 aliphatic rings. The van der Waals surface area contributed by atoms with E-state index in [-0.39, 0.29) is 6.42 Å². The maximum atomic E-state index is 14.3. The van der Waals surface area contributed by atoms with Crippen molar-refractivity contribution in [3.8, 4) is 6.07 Å². The summed E-state index contributed by atoms with van der Waals surface area (Å²) in [4.78, 5) is 0. The fourth-order valence-electron chi connectivity index (χ4n) is 1.97. The smallest absolute Gasteiger partial charge is 0.399 e. The molecular formula is C14H17BFNO2. The van der Waals surface area contributed by atoms with Crippen molar-refractivity contribution in [3.05, 3.63) is 29.6 Å². The standard InChI is InChI=1S/C14H17BFNO2/c1-13(2)14(3,4)19-15(18-13)11-7-5-6-10(8-9-17)12(11)16/h5-7H,8H2,1-4H3. The van der Waals surface area contributed by atoms with Gasteiger partial charge in [-0.05, 0) is 27.7 Å². The summed E-state index contributed by atoms with van der Waals surface area (Å²) in [7, 11) is -0.733. The summed E-state index contributed by atoms with van der Waals surface area (Å²) < 4.78 is 25.9. The molecule has 1 aromatic carbocycles. The van der Waals surface area contributed by atoms with Gasteiger partial charge in [0.1, 0.15) is 5.82 Å². The molecular weight excluding hydrogens is 244 g/mol. The number of hydrogen-bond donors (Lipinski definition) is 0. The predicted octanol–water partition coefficient (Wildman–Crippen LogP) is 2.19. The lowest BCUT2D eigenvalue weighted by atomic mass is 9.77. The zero-order valence-electron chi connectivity index (χ0n) is 11.7. The second-order valence-electron chi connectivity index (χ2n) is 5.74. The maximum absolute atomic E-state index is 14.3. The van der Waals surface area contributed by atoms with Crippen molar-refractivity contribution in [1.29, 1.82) is 5.26 Å². The molecule has 1 aliphatic heterocycles. The fourth-order valence-corrected chi connectivity index (χ4v) is 1.97. The second-order valence-corrected chi connectivity index (χ2v) is 5.74. The van der Waals surface area contributed by atoms with Crippen LogP contribution in [0.5, 0.6) is 0 Å². The van der Waals surface area contributed by atoms with E-state index in [4.69, 9.17) is 14.6 Å². The van der Waals surface area contributed by atoms with Crippen LogP contribution < -0.4 is 5.46 Å². The van der Waals surface area contributed by atoms with E-state index in [9.17, 15) is 4.39 Å². The van der Waals surface area contributed by atoms with E-state index in [1.807, 2.05) is 33.8 Å². The van der Waals surface area contributed by atoms with Crippen LogP contribution in [-0.2, 0) is 15.7 Å². The minimum absolute atomic E-state index is 0.0409. The molecule has 100 valence electrons. The molecule has 0 aromatic heterocycles. The van der Waals surface area contributed by atoms with E-state index in [2.05, 4.69) is 0 Å². The lowest BCUT2D eigenvalue weighted by Crippen LogP contribution is -2.41. The van der Waals surface area contributed by atoms with Crippen LogP contribution >= 0.6 is 0 Å². The van der Waals surface area contributed by atoms with Crippen LogP contribution in [0.4, 0.5) is 4.39 Å². The number of halogens is 1. The Morgan fingerprint density at radius 2 is 1.79 bits per heavy atom. The average molecular weight is 261 g/mol. The molecule has 0 aliphatic carbocycles. The Balaban J connectivity index is 2.35. The van der Waals surface area contributed by atoms with Crippen LogP contribution in [0.25, 0.3) is 0 Å². The Morgan fingerprint density at radius 1 is 1.21 bits per heavy atom. The maximum Gasteiger partial charge on any atom is 0.497 e. The molecule has 19 heavy (non-hydrogen) atoms.